The first-order chi connectivity index (χ1) is 12.4. The van der Waals surface area contributed by atoms with Crippen LogP contribution in [0.3, 0.4) is 0 Å². The van der Waals surface area contributed by atoms with Gasteiger partial charge in [0.2, 0.25) is 0 Å². The van der Waals surface area contributed by atoms with Gasteiger partial charge in [0.1, 0.15) is 0 Å². The van der Waals surface area contributed by atoms with Crippen LogP contribution in [-0.2, 0) is 6.18 Å². The van der Waals surface area contributed by atoms with Gasteiger partial charge in [-0.1, -0.05) is 12.1 Å². The normalized spacial score (nSPS) is 11.2. The van der Waals surface area contributed by atoms with Crippen LogP contribution in [0.2, 0.25) is 0 Å². The maximum absolute atomic E-state index is 12.6. The third-order valence-electron chi connectivity index (χ3n) is 3.37. The summed E-state index contributed by atoms with van der Waals surface area (Å²) in [5.74, 6) is -0.596. The number of carbonyl (C=O) groups is 1. The van der Waals surface area contributed by atoms with Gasteiger partial charge >= 0.3 is 6.18 Å². The van der Waals surface area contributed by atoms with E-state index < -0.39 is 17.6 Å². The number of rotatable bonds is 4. The SMILES string of the molecule is O=C(NO)c1ncccc1Nc1ncc(-c2ccc(C(F)(F)F)cc2)o1. The third kappa shape index (κ3) is 3.64. The molecule has 10 heteroatoms. The first-order valence-corrected chi connectivity index (χ1v) is 7.18. The summed E-state index contributed by atoms with van der Waals surface area (Å²) < 4.78 is 43.2. The van der Waals surface area contributed by atoms with Gasteiger partial charge in [-0.25, -0.2) is 15.4 Å². The summed E-state index contributed by atoms with van der Waals surface area (Å²) >= 11 is 0. The highest BCUT2D eigenvalue weighted by molar-refractivity contribution is 5.97. The van der Waals surface area contributed by atoms with E-state index in [2.05, 4.69) is 15.3 Å². The van der Waals surface area contributed by atoms with Crippen LogP contribution in [0.25, 0.3) is 11.3 Å². The van der Waals surface area contributed by atoms with E-state index in [1.54, 1.807) is 6.07 Å². The van der Waals surface area contributed by atoms with Gasteiger partial charge < -0.3 is 9.73 Å². The number of pyridine rings is 1. The van der Waals surface area contributed by atoms with Gasteiger partial charge in [0.05, 0.1) is 17.4 Å². The number of nitrogens with one attached hydrogen (secondary N) is 2. The van der Waals surface area contributed by atoms with E-state index in [0.717, 1.165) is 12.1 Å². The quantitative estimate of drug-likeness (QED) is 0.483. The van der Waals surface area contributed by atoms with Crippen molar-refractivity contribution in [1.82, 2.24) is 15.4 Å². The molecule has 2 aromatic heterocycles. The minimum Gasteiger partial charge on any atom is -0.423 e. The van der Waals surface area contributed by atoms with E-state index in [9.17, 15) is 18.0 Å². The van der Waals surface area contributed by atoms with Crippen molar-refractivity contribution < 1.29 is 27.6 Å². The van der Waals surface area contributed by atoms with E-state index in [1.807, 2.05) is 0 Å². The van der Waals surface area contributed by atoms with E-state index in [-0.39, 0.29) is 23.2 Å². The topological polar surface area (TPSA) is 100 Å². The lowest BCUT2D eigenvalue weighted by Crippen LogP contribution is -2.21. The molecule has 0 unspecified atom stereocenters. The molecule has 3 N–H and O–H groups in total. The summed E-state index contributed by atoms with van der Waals surface area (Å²) in [6.07, 6.45) is -1.73. The van der Waals surface area contributed by atoms with Crippen LogP contribution in [0.1, 0.15) is 16.1 Å². The van der Waals surface area contributed by atoms with Gasteiger partial charge in [0.25, 0.3) is 11.9 Å². The maximum Gasteiger partial charge on any atom is 0.416 e. The molecule has 2 heterocycles. The predicted molar refractivity (Wildman–Crippen MR) is 83.7 cm³/mol. The zero-order valence-corrected chi connectivity index (χ0v) is 12.9. The molecular weight excluding hydrogens is 353 g/mol. The third-order valence-corrected chi connectivity index (χ3v) is 3.37. The number of anilines is 2. The number of alkyl halides is 3. The second-order valence-corrected chi connectivity index (χ2v) is 5.07. The van der Waals surface area contributed by atoms with Gasteiger partial charge in [-0.05, 0) is 24.3 Å². The van der Waals surface area contributed by atoms with Crippen molar-refractivity contribution >= 4 is 17.6 Å². The fourth-order valence-electron chi connectivity index (χ4n) is 2.14. The molecule has 1 amide bonds. The smallest absolute Gasteiger partial charge is 0.416 e. The van der Waals surface area contributed by atoms with Crippen LogP contribution in [0, 0.1) is 0 Å². The number of aromatic nitrogens is 2. The molecule has 7 nitrogen and oxygen atoms in total. The van der Waals surface area contributed by atoms with Crippen molar-refractivity contribution in [2.45, 2.75) is 6.18 Å². The molecular formula is C16H11F3N4O3. The molecule has 134 valence electrons. The first kappa shape index (κ1) is 17.4. The Morgan fingerprint density at radius 2 is 1.85 bits per heavy atom. The molecule has 0 fully saturated rings. The molecule has 0 saturated carbocycles. The Bertz CT molecular complexity index is 923. The Morgan fingerprint density at radius 1 is 1.12 bits per heavy atom. The molecule has 0 atom stereocenters. The average Bonchev–Trinajstić information content (AvgIpc) is 3.09. The highest BCUT2D eigenvalue weighted by Crippen LogP contribution is 2.31. The minimum atomic E-state index is -4.42. The Hall–Kier alpha value is -3.40. The van der Waals surface area contributed by atoms with Gasteiger partial charge in [0.15, 0.2) is 11.5 Å². The molecule has 0 bridgehead atoms. The van der Waals surface area contributed by atoms with Crippen molar-refractivity contribution in [1.29, 1.82) is 0 Å². The Kier molecular flexibility index (Phi) is 4.59. The molecule has 3 aromatic rings. The molecule has 1 aromatic carbocycles. The van der Waals surface area contributed by atoms with E-state index in [1.165, 1.54) is 36.1 Å². The summed E-state index contributed by atoms with van der Waals surface area (Å²) in [7, 11) is 0. The average molecular weight is 364 g/mol. The van der Waals surface area contributed by atoms with Crippen molar-refractivity contribution in [2.75, 3.05) is 5.32 Å². The standard InChI is InChI=1S/C16H11F3N4O3/c17-16(18,19)10-5-3-9(4-6-10)12-8-21-15(26-12)22-11-2-1-7-20-13(11)14(24)23-25/h1-8,25H,(H,21,22)(H,23,24). The number of carbonyl (C=O) groups excluding carboxylic acids is 1. The summed E-state index contributed by atoms with van der Waals surface area (Å²) in [4.78, 5) is 19.4. The van der Waals surface area contributed by atoms with Crippen LogP contribution in [0.4, 0.5) is 24.9 Å². The summed E-state index contributed by atoms with van der Waals surface area (Å²) in [5, 5.41) is 11.4. The number of amides is 1. The molecule has 3 rings (SSSR count). The zero-order valence-electron chi connectivity index (χ0n) is 12.9. The molecule has 26 heavy (non-hydrogen) atoms. The van der Waals surface area contributed by atoms with Crippen LogP contribution in [0.15, 0.2) is 53.2 Å². The van der Waals surface area contributed by atoms with Crippen LogP contribution in [0.5, 0.6) is 0 Å². The van der Waals surface area contributed by atoms with Crippen LogP contribution in [-0.4, -0.2) is 21.1 Å². The second kappa shape index (κ2) is 6.84. The van der Waals surface area contributed by atoms with Gasteiger partial charge in [0, 0.05) is 11.8 Å². The lowest BCUT2D eigenvalue weighted by Gasteiger charge is -2.07. The summed E-state index contributed by atoms with van der Waals surface area (Å²) in [6, 6.07) is 7.48. The molecule has 0 spiro atoms. The summed E-state index contributed by atoms with van der Waals surface area (Å²) in [6.45, 7) is 0. The van der Waals surface area contributed by atoms with Crippen LogP contribution >= 0.6 is 0 Å². The van der Waals surface area contributed by atoms with E-state index >= 15 is 0 Å². The maximum atomic E-state index is 12.6. The number of halogens is 3. The monoisotopic (exact) mass is 364 g/mol. The number of benzene rings is 1. The summed E-state index contributed by atoms with van der Waals surface area (Å²) in [5.41, 5.74) is 1.23. The fraction of sp³-hybridized carbons (Fsp3) is 0.0625. The molecule has 0 saturated heterocycles. The van der Waals surface area contributed by atoms with Gasteiger partial charge in [-0.2, -0.15) is 13.2 Å². The number of hydrogen-bond acceptors (Lipinski definition) is 6. The second-order valence-electron chi connectivity index (χ2n) is 5.07. The van der Waals surface area contributed by atoms with Crippen molar-refractivity contribution in [3.8, 4) is 11.3 Å². The molecule has 0 aliphatic carbocycles. The molecule has 0 radical (unpaired) electrons. The number of oxazole rings is 1. The molecule has 0 aliphatic heterocycles. The lowest BCUT2D eigenvalue weighted by atomic mass is 10.1. The van der Waals surface area contributed by atoms with Crippen molar-refractivity contribution in [3.63, 3.8) is 0 Å². The van der Waals surface area contributed by atoms with E-state index in [4.69, 9.17) is 9.62 Å². The van der Waals surface area contributed by atoms with Gasteiger partial charge in [-0.15, -0.1) is 0 Å². The predicted octanol–water partition coefficient (Wildman–Crippen LogP) is 3.62. The number of nitrogens with zero attached hydrogens (tertiary/aromatic N) is 2. The highest BCUT2D eigenvalue weighted by Gasteiger charge is 2.30. The lowest BCUT2D eigenvalue weighted by molar-refractivity contribution is -0.137. The highest BCUT2D eigenvalue weighted by atomic mass is 19.4. The first-order valence-electron chi connectivity index (χ1n) is 7.18. The van der Waals surface area contributed by atoms with Gasteiger partial charge in [-0.3, -0.25) is 10.0 Å². The molecule has 0 aliphatic rings. The number of hydrogen-bond donors (Lipinski definition) is 3. The van der Waals surface area contributed by atoms with Crippen LogP contribution < -0.4 is 10.8 Å². The Labute approximate surface area is 144 Å². The Balaban J connectivity index is 1.82. The largest absolute Gasteiger partial charge is 0.423 e. The minimum absolute atomic E-state index is 0.000104. The Morgan fingerprint density at radius 3 is 2.50 bits per heavy atom. The number of hydroxylamine groups is 1. The fourth-order valence-corrected chi connectivity index (χ4v) is 2.14. The van der Waals surface area contributed by atoms with E-state index in [0.29, 0.717) is 5.56 Å². The van der Waals surface area contributed by atoms with Crippen molar-refractivity contribution in [3.05, 3.63) is 60.0 Å². The van der Waals surface area contributed by atoms with Crippen molar-refractivity contribution in [2.24, 2.45) is 0 Å². The zero-order chi connectivity index (χ0) is 18.7.